The highest BCUT2D eigenvalue weighted by Gasteiger charge is 2.04. The summed E-state index contributed by atoms with van der Waals surface area (Å²) in [5.41, 5.74) is 6.99. The minimum absolute atomic E-state index is 0. The molecule has 2 rings (SSSR count). The third kappa shape index (κ3) is 6.75. The zero-order valence-electron chi connectivity index (χ0n) is 13.5. The van der Waals surface area contributed by atoms with E-state index in [-0.39, 0.29) is 35.8 Å². The lowest BCUT2D eigenvalue weighted by molar-refractivity contribution is 0.0954. The van der Waals surface area contributed by atoms with E-state index < -0.39 is 0 Å². The Bertz CT molecular complexity index is 728. The van der Waals surface area contributed by atoms with Gasteiger partial charge in [0.25, 0.3) is 5.91 Å². The van der Waals surface area contributed by atoms with E-state index in [1.807, 2.05) is 0 Å². The van der Waals surface area contributed by atoms with Crippen LogP contribution in [0.2, 0.25) is 5.02 Å². The van der Waals surface area contributed by atoms with Gasteiger partial charge in [-0.3, -0.25) is 14.8 Å². The first-order valence-corrected chi connectivity index (χ1v) is 7.56. The van der Waals surface area contributed by atoms with Gasteiger partial charge in [0.05, 0.1) is 24.2 Å². The molecule has 0 aliphatic heterocycles. The third-order valence-corrected chi connectivity index (χ3v) is 3.32. The molecule has 1 heterocycles. The van der Waals surface area contributed by atoms with Crippen molar-refractivity contribution < 1.29 is 9.53 Å². The number of aliphatic imine (C=N–C) groups is 1. The van der Waals surface area contributed by atoms with Gasteiger partial charge in [0, 0.05) is 24.6 Å². The molecule has 0 aliphatic carbocycles. The van der Waals surface area contributed by atoms with Gasteiger partial charge < -0.3 is 21.1 Å². The quantitative estimate of drug-likeness (QED) is 0.258. The van der Waals surface area contributed by atoms with Gasteiger partial charge in [0.1, 0.15) is 5.75 Å². The minimum atomic E-state index is -0.202. The minimum Gasteiger partial charge on any atom is -0.495 e. The van der Waals surface area contributed by atoms with Crippen molar-refractivity contribution in [1.82, 2.24) is 10.3 Å². The summed E-state index contributed by atoms with van der Waals surface area (Å²) >= 11 is 6.03. The summed E-state index contributed by atoms with van der Waals surface area (Å²) in [5, 5.41) is 6.13. The number of nitrogens with one attached hydrogen (secondary N) is 2. The van der Waals surface area contributed by atoms with Crippen molar-refractivity contribution in [3.63, 3.8) is 0 Å². The van der Waals surface area contributed by atoms with Crippen LogP contribution in [-0.2, 0) is 0 Å². The summed E-state index contributed by atoms with van der Waals surface area (Å²) in [7, 11) is 1.55. The lowest BCUT2D eigenvalue weighted by atomic mass is 10.3. The molecule has 0 unspecified atom stereocenters. The first-order chi connectivity index (χ1) is 11.6. The number of nitrogens with zero attached hydrogens (tertiary/aromatic N) is 2. The fourth-order valence-electron chi connectivity index (χ4n) is 1.88. The zero-order chi connectivity index (χ0) is 17.4. The average Bonchev–Trinajstić information content (AvgIpc) is 2.59. The summed E-state index contributed by atoms with van der Waals surface area (Å²) in [6, 6.07) is 8.58. The number of aromatic nitrogens is 1. The SMILES string of the molecule is COc1ccc(NC(N)=NCCNC(=O)c2cccnc2)cc1Cl.I. The van der Waals surface area contributed by atoms with E-state index in [1.54, 1.807) is 43.6 Å². The number of ether oxygens (including phenoxy) is 1. The molecular weight excluding hydrogens is 457 g/mol. The van der Waals surface area contributed by atoms with Gasteiger partial charge in [-0.1, -0.05) is 11.6 Å². The van der Waals surface area contributed by atoms with E-state index in [0.29, 0.717) is 35.1 Å². The number of methoxy groups -OCH3 is 1. The normalized spacial score (nSPS) is 10.6. The number of anilines is 1. The molecule has 0 saturated carbocycles. The number of guanidine groups is 1. The van der Waals surface area contributed by atoms with Crippen LogP contribution >= 0.6 is 35.6 Å². The van der Waals surface area contributed by atoms with E-state index >= 15 is 0 Å². The Hall–Kier alpha value is -2.07. The molecule has 1 aromatic heterocycles. The summed E-state index contributed by atoms with van der Waals surface area (Å²) in [6.07, 6.45) is 3.11. The van der Waals surface area contributed by atoms with Gasteiger partial charge in [-0.05, 0) is 30.3 Å². The maximum absolute atomic E-state index is 11.8. The largest absolute Gasteiger partial charge is 0.495 e. The number of benzene rings is 1. The molecular formula is C16H19ClIN5O2. The third-order valence-electron chi connectivity index (χ3n) is 3.03. The lowest BCUT2D eigenvalue weighted by Gasteiger charge is -2.08. The molecule has 0 saturated heterocycles. The van der Waals surface area contributed by atoms with Crippen molar-refractivity contribution in [2.45, 2.75) is 0 Å². The Morgan fingerprint density at radius 3 is 2.84 bits per heavy atom. The number of carbonyl (C=O) groups is 1. The molecule has 4 N–H and O–H groups in total. The Labute approximate surface area is 168 Å². The van der Waals surface area contributed by atoms with Crippen LogP contribution in [0.4, 0.5) is 5.69 Å². The van der Waals surface area contributed by atoms with Crippen LogP contribution in [0.5, 0.6) is 5.75 Å². The van der Waals surface area contributed by atoms with Gasteiger partial charge in [-0.2, -0.15) is 0 Å². The van der Waals surface area contributed by atoms with Gasteiger partial charge in [0.2, 0.25) is 0 Å². The number of rotatable bonds is 6. The number of nitrogens with two attached hydrogens (primary N) is 1. The van der Waals surface area contributed by atoms with E-state index in [1.165, 1.54) is 6.20 Å². The predicted octanol–water partition coefficient (Wildman–Crippen LogP) is 2.52. The fraction of sp³-hybridized carbons (Fsp3) is 0.188. The van der Waals surface area contributed by atoms with Crippen LogP contribution in [0.15, 0.2) is 47.7 Å². The number of carbonyl (C=O) groups excluding carboxylic acids is 1. The van der Waals surface area contributed by atoms with E-state index in [2.05, 4.69) is 20.6 Å². The van der Waals surface area contributed by atoms with Crippen LogP contribution in [0.1, 0.15) is 10.4 Å². The highest BCUT2D eigenvalue weighted by Crippen LogP contribution is 2.26. The highest BCUT2D eigenvalue weighted by molar-refractivity contribution is 14.0. The molecule has 0 radical (unpaired) electrons. The van der Waals surface area contributed by atoms with Crippen molar-refractivity contribution in [2.24, 2.45) is 10.7 Å². The van der Waals surface area contributed by atoms with Crippen LogP contribution in [0.3, 0.4) is 0 Å². The summed E-state index contributed by atoms with van der Waals surface area (Å²) < 4.78 is 5.08. The Morgan fingerprint density at radius 2 is 2.20 bits per heavy atom. The number of pyridine rings is 1. The lowest BCUT2D eigenvalue weighted by Crippen LogP contribution is -2.28. The molecule has 0 spiro atoms. The monoisotopic (exact) mass is 475 g/mol. The number of halogens is 2. The standard InChI is InChI=1S/C16H18ClN5O2.HI/c1-24-14-5-4-12(9-13(14)17)22-16(18)21-8-7-20-15(23)11-3-2-6-19-10-11;/h2-6,9-10H,7-8H2,1H3,(H,20,23)(H3,18,21,22);1H. The molecule has 1 amide bonds. The maximum atomic E-state index is 11.8. The first kappa shape index (κ1) is 21.0. The molecule has 0 atom stereocenters. The molecule has 25 heavy (non-hydrogen) atoms. The van der Waals surface area contributed by atoms with Crippen molar-refractivity contribution >= 4 is 53.1 Å². The predicted molar refractivity (Wildman–Crippen MR) is 110 cm³/mol. The van der Waals surface area contributed by atoms with Gasteiger partial charge in [0.15, 0.2) is 5.96 Å². The molecule has 2 aromatic rings. The van der Waals surface area contributed by atoms with Crippen molar-refractivity contribution in [2.75, 3.05) is 25.5 Å². The van der Waals surface area contributed by atoms with Gasteiger partial charge in [-0.15, -0.1) is 24.0 Å². The second-order valence-corrected chi connectivity index (χ2v) is 5.15. The zero-order valence-corrected chi connectivity index (χ0v) is 16.6. The Kier molecular flexibility index (Phi) is 9.00. The smallest absolute Gasteiger partial charge is 0.252 e. The van der Waals surface area contributed by atoms with Crippen LogP contribution in [-0.4, -0.2) is 37.1 Å². The Morgan fingerprint density at radius 1 is 1.40 bits per heavy atom. The van der Waals surface area contributed by atoms with E-state index in [9.17, 15) is 4.79 Å². The maximum Gasteiger partial charge on any atom is 0.252 e. The van der Waals surface area contributed by atoms with Crippen molar-refractivity contribution in [3.05, 3.63) is 53.3 Å². The van der Waals surface area contributed by atoms with Crippen LogP contribution in [0, 0.1) is 0 Å². The molecule has 134 valence electrons. The molecule has 9 heteroatoms. The molecule has 1 aromatic carbocycles. The number of hydrogen-bond acceptors (Lipinski definition) is 4. The molecule has 0 bridgehead atoms. The molecule has 0 fully saturated rings. The van der Waals surface area contributed by atoms with Crippen LogP contribution < -0.4 is 21.1 Å². The van der Waals surface area contributed by atoms with Crippen molar-refractivity contribution in [3.8, 4) is 5.75 Å². The second kappa shape index (κ2) is 10.7. The number of amides is 1. The topological polar surface area (TPSA) is 102 Å². The average molecular weight is 476 g/mol. The summed E-state index contributed by atoms with van der Waals surface area (Å²) in [4.78, 5) is 19.8. The second-order valence-electron chi connectivity index (χ2n) is 4.74. The Balaban J connectivity index is 0.00000312. The summed E-state index contributed by atoms with van der Waals surface area (Å²) in [5.74, 6) is 0.606. The summed E-state index contributed by atoms with van der Waals surface area (Å²) in [6.45, 7) is 0.703. The van der Waals surface area contributed by atoms with Gasteiger partial charge in [-0.25, -0.2) is 0 Å². The highest BCUT2D eigenvalue weighted by atomic mass is 127. The van der Waals surface area contributed by atoms with Crippen LogP contribution in [0.25, 0.3) is 0 Å². The molecule has 7 nitrogen and oxygen atoms in total. The first-order valence-electron chi connectivity index (χ1n) is 7.19. The van der Waals surface area contributed by atoms with E-state index in [0.717, 1.165) is 0 Å². The van der Waals surface area contributed by atoms with Crippen molar-refractivity contribution in [1.29, 1.82) is 0 Å². The number of hydrogen-bond donors (Lipinski definition) is 3. The van der Waals surface area contributed by atoms with E-state index in [4.69, 9.17) is 22.1 Å². The molecule has 0 aliphatic rings. The fourth-order valence-corrected chi connectivity index (χ4v) is 2.13. The van der Waals surface area contributed by atoms with Gasteiger partial charge >= 0.3 is 0 Å².